The van der Waals surface area contributed by atoms with Crippen LogP contribution in [0, 0.1) is 12.7 Å². The van der Waals surface area contributed by atoms with E-state index in [1.165, 1.54) is 29.5 Å². The highest BCUT2D eigenvalue weighted by molar-refractivity contribution is 7.90. The number of fused-ring (bicyclic) bond motifs is 1. The molecule has 4 rings (SSSR count). The molecule has 0 atom stereocenters. The molecule has 0 saturated carbocycles. The molecule has 9 heteroatoms. The fourth-order valence-corrected chi connectivity index (χ4v) is 5.00. The molecule has 3 aromatic rings. The molecule has 1 aromatic heterocycles. The molecular formula is C20H15FN2O4S2. The first kappa shape index (κ1) is 19.3. The molecule has 0 saturated heterocycles. The third-order valence-corrected chi connectivity index (χ3v) is 6.69. The first-order chi connectivity index (χ1) is 13.8. The molecule has 1 aliphatic heterocycles. The van der Waals surface area contributed by atoms with Crippen molar-refractivity contribution in [2.45, 2.75) is 11.8 Å². The summed E-state index contributed by atoms with van der Waals surface area (Å²) < 4.78 is 46.5. The number of para-hydroxylation sites is 1. The zero-order valence-corrected chi connectivity index (χ0v) is 16.8. The number of aryl methyl sites for hydroxylation is 1. The summed E-state index contributed by atoms with van der Waals surface area (Å²) in [5.74, 6) is -0.894. The molecule has 2 heterocycles. The van der Waals surface area contributed by atoms with Gasteiger partial charge in [0.05, 0.1) is 5.69 Å². The number of rotatable bonds is 4. The van der Waals surface area contributed by atoms with E-state index in [0.29, 0.717) is 10.6 Å². The van der Waals surface area contributed by atoms with Gasteiger partial charge >= 0.3 is 5.97 Å². The van der Waals surface area contributed by atoms with E-state index in [1.807, 2.05) is 6.92 Å². The Labute approximate surface area is 170 Å². The summed E-state index contributed by atoms with van der Waals surface area (Å²) in [4.78, 5) is 13.8. The Kier molecular flexibility index (Phi) is 4.93. The number of nitrogens with one attached hydrogen (secondary N) is 1. The lowest BCUT2D eigenvalue weighted by Crippen LogP contribution is -2.26. The molecule has 6 nitrogen and oxygen atoms in total. The largest absolute Gasteiger partial charge is 0.453 e. The fraction of sp³-hybridized carbons (Fsp3) is 0.100. The highest BCUT2D eigenvalue weighted by Gasteiger charge is 2.25. The van der Waals surface area contributed by atoms with Gasteiger partial charge in [-0.2, -0.15) is 8.42 Å². The van der Waals surface area contributed by atoms with E-state index in [-0.39, 0.29) is 23.2 Å². The predicted octanol–water partition coefficient (Wildman–Crippen LogP) is 4.23. The van der Waals surface area contributed by atoms with Crippen LogP contribution in [0.2, 0.25) is 0 Å². The van der Waals surface area contributed by atoms with Gasteiger partial charge in [-0.1, -0.05) is 24.3 Å². The summed E-state index contributed by atoms with van der Waals surface area (Å²) in [5.41, 5.74) is 1.99. The minimum atomic E-state index is -3.84. The van der Waals surface area contributed by atoms with Crippen LogP contribution in [0.5, 0.6) is 0 Å². The van der Waals surface area contributed by atoms with E-state index in [2.05, 4.69) is 9.71 Å². The molecule has 0 amide bonds. The van der Waals surface area contributed by atoms with Crippen LogP contribution in [0.15, 0.2) is 63.9 Å². The van der Waals surface area contributed by atoms with Gasteiger partial charge < -0.3 is 10.1 Å². The van der Waals surface area contributed by atoms with Gasteiger partial charge in [0.25, 0.3) is 10.0 Å². The summed E-state index contributed by atoms with van der Waals surface area (Å²) in [6.07, 6.45) is 0. The number of anilines is 1. The number of hydrogen-bond acceptors (Lipinski definition) is 6. The Morgan fingerprint density at radius 2 is 1.90 bits per heavy atom. The van der Waals surface area contributed by atoms with Crippen LogP contribution < -0.4 is 5.32 Å². The van der Waals surface area contributed by atoms with Crippen molar-refractivity contribution >= 4 is 38.9 Å². The van der Waals surface area contributed by atoms with Crippen LogP contribution >= 0.6 is 11.3 Å². The van der Waals surface area contributed by atoms with Gasteiger partial charge in [-0.3, -0.25) is 0 Å². The Bertz CT molecular complexity index is 1230. The molecule has 0 bridgehead atoms. The zero-order valence-electron chi connectivity index (χ0n) is 15.2. The number of nitrogens with zero attached hydrogens (tertiary/aromatic N) is 1. The third kappa shape index (κ3) is 3.92. The lowest BCUT2D eigenvalue weighted by Gasteiger charge is -2.17. The monoisotopic (exact) mass is 430 g/mol. The molecule has 0 spiro atoms. The molecule has 148 valence electrons. The normalized spacial score (nSPS) is 14.5. The third-order valence-electron chi connectivity index (χ3n) is 4.29. The Morgan fingerprint density at radius 3 is 2.66 bits per heavy atom. The standard InChI is InChI=1S/C20H15FN2O4S2/c1-12-15(13-6-8-14(21)9-7-13)10-17(28-12)20(24)27-11-19-22-16-4-2-3-5-18(16)29(25,26)23-19/h2-10H,11H2,1H3,(H,22,23). The average molecular weight is 430 g/mol. The van der Waals surface area contributed by atoms with Crippen LogP contribution in [0.25, 0.3) is 11.1 Å². The number of thiophene rings is 1. The number of halogens is 1. The maximum atomic E-state index is 13.1. The summed E-state index contributed by atoms with van der Waals surface area (Å²) in [6.45, 7) is 1.55. The van der Waals surface area contributed by atoms with Crippen molar-refractivity contribution in [2.75, 3.05) is 11.9 Å². The Balaban J connectivity index is 1.49. The first-order valence-corrected chi connectivity index (χ1v) is 10.8. The number of carbonyl (C=O) groups excluding carboxylic acids is 1. The van der Waals surface area contributed by atoms with Gasteiger partial charge in [0.2, 0.25) is 0 Å². The van der Waals surface area contributed by atoms with Crippen LogP contribution in [0.4, 0.5) is 10.1 Å². The number of ether oxygens (including phenoxy) is 1. The van der Waals surface area contributed by atoms with Crippen molar-refractivity contribution in [2.24, 2.45) is 4.40 Å². The Morgan fingerprint density at radius 1 is 1.17 bits per heavy atom. The lowest BCUT2D eigenvalue weighted by atomic mass is 10.1. The second kappa shape index (κ2) is 7.41. The van der Waals surface area contributed by atoms with Crippen LogP contribution in [0.1, 0.15) is 14.5 Å². The van der Waals surface area contributed by atoms with Crippen molar-refractivity contribution in [3.05, 3.63) is 70.2 Å². The molecule has 0 aliphatic carbocycles. The minimum absolute atomic E-state index is 0.0316. The van der Waals surface area contributed by atoms with Crippen molar-refractivity contribution < 1.29 is 22.3 Å². The van der Waals surface area contributed by atoms with E-state index < -0.39 is 16.0 Å². The predicted molar refractivity (Wildman–Crippen MR) is 109 cm³/mol. The zero-order chi connectivity index (χ0) is 20.6. The van der Waals surface area contributed by atoms with Crippen LogP contribution in [-0.2, 0) is 14.8 Å². The van der Waals surface area contributed by atoms with E-state index in [1.54, 1.807) is 36.4 Å². The second-order valence-corrected chi connectivity index (χ2v) is 9.13. The topological polar surface area (TPSA) is 84.8 Å². The maximum absolute atomic E-state index is 13.1. The summed E-state index contributed by atoms with van der Waals surface area (Å²) in [7, 11) is -3.84. The second-order valence-electron chi connectivity index (χ2n) is 6.30. The molecule has 1 N–H and O–H groups in total. The molecule has 2 aromatic carbocycles. The number of carbonyl (C=O) groups is 1. The fourth-order valence-electron chi connectivity index (χ4n) is 2.93. The van der Waals surface area contributed by atoms with Crippen LogP contribution in [0.3, 0.4) is 0 Å². The van der Waals surface area contributed by atoms with Gasteiger partial charge in [-0.25, -0.2) is 9.18 Å². The smallest absolute Gasteiger partial charge is 0.348 e. The maximum Gasteiger partial charge on any atom is 0.348 e. The molecule has 0 fully saturated rings. The van der Waals surface area contributed by atoms with Gasteiger partial charge in [0.1, 0.15) is 15.6 Å². The lowest BCUT2D eigenvalue weighted by molar-refractivity contribution is 0.0569. The van der Waals surface area contributed by atoms with Gasteiger partial charge in [0, 0.05) is 4.88 Å². The molecular weight excluding hydrogens is 415 g/mol. The van der Waals surface area contributed by atoms with Gasteiger partial charge in [-0.15, -0.1) is 15.7 Å². The van der Waals surface area contributed by atoms with Crippen molar-refractivity contribution in [1.29, 1.82) is 0 Å². The quantitative estimate of drug-likeness (QED) is 0.626. The number of hydrogen-bond donors (Lipinski definition) is 1. The van der Waals surface area contributed by atoms with Crippen LogP contribution in [-0.4, -0.2) is 26.8 Å². The van der Waals surface area contributed by atoms with Crippen molar-refractivity contribution in [3.8, 4) is 11.1 Å². The highest BCUT2D eigenvalue weighted by Crippen LogP contribution is 2.32. The number of amidine groups is 1. The summed E-state index contributed by atoms with van der Waals surface area (Å²) >= 11 is 1.25. The van der Waals surface area contributed by atoms with E-state index in [4.69, 9.17) is 4.74 Å². The van der Waals surface area contributed by atoms with Crippen molar-refractivity contribution in [1.82, 2.24) is 0 Å². The molecule has 0 radical (unpaired) electrons. The van der Waals surface area contributed by atoms with Gasteiger partial charge in [-0.05, 0) is 48.4 Å². The van der Waals surface area contributed by atoms with Gasteiger partial charge in [0.15, 0.2) is 12.4 Å². The van der Waals surface area contributed by atoms with E-state index in [0.717, 1.165) is 16.0 Å². The molecule has 0 unspecified atom stereocenters. The SMILES string of the molecule is Cc1sc(C(=O)OCC2=NS(=O)(=O)c3ccccc3N2)cc1-c1ccc(F)cc1. The molecule has 1 aliphatic rings. The molecule has 29 heavy (non-hydrogen) atoms. The summed E-state index contributed by atoms with van der Waals surface area (Å²) in [5, 5.41) is 2.87. The summed E-state index contributed by atoms with van der Waals surface area (Å²) in [6, 6.07) is 14.0. The number of sulfonamides is 1. The first-order valence-electron chi connectivity index (χ1n) is 8.57. The van der Waals surface area contributed by atoms with E-state index >= 15 is 0 Å². The van der Waals surface area contributed by atoms with Crippen molar-refractivity contribution in [3.63, 3.8) is 0 Å². The highest BCUT2D eigenvalue weighted by atomic mass is 32.2. The Hall–Kier alpha value is -3.04. The van der Waals surface area contributed by atoms with E-state index in [9.17, 15) is 17.6 Å². The average Bonchev–Trinajstić information content (AvgIpc) is 3.08. The minimum Gasteiger partial charge on any atom is -0.453 e. The number of esters is 1. The number of benzene rings is 2.